The minimum absolute atomic E-state index is 0.402. The van der Waals surface area contributed by atoms with Crippen molar-refractivity contribution in [3.63, 3.8) is 0 Å². The fourth-order valence-electron chi connectivity index (χ4n) is 2.56. The number of hydrogen-bond acceptors (Lipinski definition) is 4. The second-order valence-electron chi connectivity index (χ2n) is 5.26. The number of hydrogen-bond donors (Lipinski definition) is 2. The molecule has 10 heteroatoms. The molecule has 0 spiro atoms. The van der Waals surface area contributed by atoms with Crippen LogP contribution in [0.15, 0.2) is 12.2 Å². The third-order valence-electron chi connectivity index (χ3n) is 3.60. The van der Waals surface area contributed by atoms with E-state index in [-0.39, 0.29) is 0 Å². The first-order valence-corrected chi connectivity index (χ1v) is 6.83. The van der Waals surface area contributed by atoms with E-state index in [0.717, 1.165) is 4.90 Å². The van der Waals surface area contributed by atoms with Crippen LogP contribution in [0.2, 0.25) is 0 Å². The smallest absolute Gasteiger partial charge is 0.329 e. The Morgan fingerprint density at radius 1 is 1.13 bits per heavy atom. The number of nitrogens with one attached hydrogen (secondary N) is 2. The van der Waals surface area contributed by atoms with E-state index in [1.54, 1.807) is 17.5 Å². The van der Waals surface area contributed by atoms with Crippen LogP contribution in [0.5, 0.6) is 0 Å². The number of amides is 5. The standard InChI is InChI=1S/C13H14F3N3O4/c14-13(15,16)6-17-12(23)18-9(20)5-19-10(21)7-3-1-2-4-8(7)11(19)22/h1-2,7-8H,3-6H2,(H2,17,18,20,23). The summed E-state index contributed by atoms with van der Waals surface area (Å²) in [6, 6.07) is -1.34. The molecule has 0 aromatic rings. The molecule has 2 aliphatic rings. The monoisotopic (exact) mass is 333 g/mol. The lowest BCUT2D eigenvalue weighted by Gasteiger charge is -2.14. The topological polar surface area (TPSA) is 95.6 Å². The van der Waals surface area contributed by atoms with Gasteiger partial charge >= 0.3 is 12.2 Å². The van der Waals surface area contributed by atoms with Crippen molar-refractivity contribution in [3.8, 4) is 0 Å². The highest BCUT2D eigenvalue weighted by Gasteiger charge is 2.47. The van der Waals surface area contributed by atoms with Crippen molar-refractivity contribution < 1.29 is 32.3 Å². The zero-order valence-corrected chi connectivity index (χ0v) is 11.9. The molecular weight excluding hydrogens is 319 g/mol. The molecule has 2 rings (SSSR count). The lowest BCUT2D eigenvalue weighted by molar-refractivity contribution is -0.143. The van der Waals surface area contributed by atoms with Crippen LogP contribution in [0.25, 0.3) is 0 Å². The van der Waals surface area contributed by atoms with Crippen LogP contribution in [0.3, 0.4) is 0 Å². The maximum absolute atomic E-state index is 12.1. The van der Waals surface area contributed by atoms with Gasteiger partial charge in [0, 0.05) is 0 Å². The van der Waals surface area contributed by atoms with E-state index in [9.17, 15) is 32.3 Å². The van der Waals surface area contributed by atoms with E-state index in [1.165, 1.54) is 5.32 Å². The van der Waals surface area contributed by atoms with Crippen molar-refractivity contribution in [2.75, 3.05) is 13.1 Å². The molecule has 1 fully saturated rings. The number of fused-ring (bicyclic) bond motifs is 1. The highest BCUT2D eigenvalue weighted by Crippen LogP contribution is 2.34. The van der Waals surface area contributed by atoms with Crippen molar-refractivity contribution in [1.82, 2.24) is 15.5 Å². The van der Waals surface area contributed by atoms with Crippen LogP contribution in [0.1, 0.15) is 12.8 Å². The maximum Gasteiger partial charge on any atom is 0.405 e. The number of rotatable bonds is 3. The third-order valence-corrected chi connectivity index (χ3v) is 3.60. The lowest BCUT2D eigenvalue weighted by Crippen LogP contribution is -2.47. The number of carbonyl (C=O) groups excluding carboxylic acids is 4. The Morgan fingerprint density at radius 3 is 2.13 bits per heavy atom. The van der Waals surface area contributed by atoms with Gasteiger partial charge in [-0.05, 0) is 12.8 Å². The lowest BCUT2D eigenvalue weighted by atomic mass is 9.85. The van der Waals surface area contributed by atoms with Crippen molar-refractivity contribution in [1.29, 1.82) is 0 Å². The van der Waals surface area contributed by atoms with Gasteiger partial charge in [-0.1, -0.05) is 12.2 Å². The highest BCUT2D eigenvalue weighted by molar-refractivity contribution is 6.08. The molecule has 5 amide bonds. The number of nitrogens with zero attached hydrogens (tertiary/aromatic N) is 1. The third kappa shape index (κ3) is 4.08. The second-order valence-corrected chi connectivity index (χ2v) is 5.26. The van der Waals surface area contributed by atoms with Crippen LogP contribution in [-0.2, 0) is 14.4 Å². The average molecular weight is 333 g/mol. The number of carbonyl (C=O) groups is 4. The predicted molar refractivity (Wildman–Crippen MR) is 69.7 cm³/mol. The van der Waals surface area contributed by atoms with E-state index in [0.29, 0.717) is 12.8 Å². The largest absolute Gasteiger partial charge is 0.405 e. The molecule has 23 heavy (non-hydrogen) atoms. The number of alkyl halides is 3. The summed E-state index contributed by atoms with van der Waals surface area (Å²) in [5.41, 5.74) is 0. The Balaban J connectivity index is 1.87. The van der Waals surface area contributed by atoms with Gasteiger partial charge in [0.25, 0.3) is 0 Å². The van der Waals surface area contributed by atoms with E-state index < -0.39 is 54.9 Å². The molecule has 1 aliphatic carbocycles. The number of imide groups is 2. The molecule has 0 radical (unpaired) electrons. The van der Waals surface area contributed by atoms with Gasteiger partial charge < -0.3 is 5.32 Å². The van der Waals surface area contributed by atoms with Gasteiger partial charge in [-0.2, -0.15) is 13.2 Å². The molecule has 2 N–H and O–H groups in total. The first-order valence-electron chi connectivity index (χ1n) is 6.83. The Hall–Kier alpha value is -2.39. The van der Waals surface area contributed by atoms with E-state index in [1.807, 2.05) is 0 Å². The van der Waals surface area contributed by atoms with Crippen LogP contribution in [0, 0.1) is 11.8 Å². The summed E-state index contributed by atoms with van der Waals surface area (Å²) in [7, 11) is 0. The summed E-state index contributed by atoms with van der Waals surface area (Å²) in [6.07, 6.45) is -0.246. The molecule has 2 atom stereocenters. The molecule has 0 saturated carbocycles. The van der Waals surface area contributed by atoms with Gasteiger partial charge in [-0.25, -0.2) is 4.79 Å². The van der Waals surface area contributed by atoms with Gasteiger partial charge in [-0.3, -0.25) is 24.6 Å². The molecule has 1 aliphatic heterocycles. The molecule has 0 aromatic carbocycles. The van der Waals surface area contributed by atoms with Crippen LogP contribution >= 0.6 is 0 Å². The number of likely N-dealkylation sites (tertiary alicyclic amines) is 1. The fourth-order valence-corrected chi connectivity index (χ4v) is 2.56. The summed E-state index contributed by atoms with van der Waals surface area (Å²) in [5, 5.41) is 3.11. The van der Waals surface area contributed by atoms with Crippen LogP contribution in [0.4, 0.5) is 18.0 Å². The molecule has 7 nitrogen and oxygen atoms in total. The SMILES string of the molecule is O=C(CN1C(=O)C2CC=CCC2C1=O)NC(=O)NCC(F)(F)F. The highest BCUT2D eigenvalue weighted by atomic mass is 19.4. The fraction of sp³-hybridized carbons (Fsp3) is 0.538. The van der Waals surface area contributed by atoms with Gasteiger partial charge in [0.1, 0.15) is 13.1 Å². The van der Waals surface area contributed by atoms with E-state index >= 15 is 0 Å². The summed E-state index contributed by atoms with van der Waals surface area (Å²) >= 11 is 0. The normalized spacial score (nSPS) is 23.7. The average Bonchev–Trinajstić information content (AvgIpc) is 2.70. The number of urea groups is 1. The summed E-state index contributed by atoms with van der Waals surface area (Å²) in [5.74, 6) is -3.07. The van der Waals surface area contributed by atoms with Gasteiger partial charge in [0.2, 0.25) is 17.7 Å². The quantitative estimate of drug-likeness (QED) is 0.574. The van der Waals surface area contributed by atoms with E-state index in [2.05, 4.69) is 0 Å². The van der Waals surface area contributed by atoms with E-state index in [4.69, 9.17) is 0 Å². The number of allylic oxidation sites excluding steroid dienone is 2. The van der Waals surface area contributed by atoms with Crippen molar-refractivity contribution in [2.24, 2.45) is 11.8 Å². The Kier molecular flexibility index (Phi) is 4.71. The zero-order chi connectivity index (χ0) is 17.2. The summed E-state index contributed by atoms with van der Waals surface area (Å²) < 4.78 is 35.8. The first-order chi connectivity index (χ1) is 10.7. The molecule has 0 aromatic heterocycles. The molecule has 0 bridgehead atoms. The van der Waals surface area contributed by atoms with Crippen LogP contribution in [-0.4, -0.2) is 47.9 Å². The minimum Gasteiger partial charge on any atom is -0.329 e. The molecule has 2 unspecified atom stereocenters. The second kappa shape index (κ2) is 6.39. The summed E-state index contributed by atoms with van der Waals surface area (Å²) in [4.78, 5) is 47.6. The van der Waals surface area contributed by atoms with Gasteiger partial charge in [-0.15, -0.1) is 0 Å². The Bertz CT molecular complexity index is 547. The Morgan fingerprint density at radius 2 is 1.65 bits per heavy atom. The molecular formula is C13H14F3N3O4. The van der Waals surface area contributed by atoms with Gasteiger partial charge in [0.05, 0.1) is 11.8 Å². The Labute approximate surface area is 128 Å². The number of halogens is 3. The van der Waals surface area contributed by atoms with Crippen molar-refractivity contribution >= 4 is 23.8 Å². The zero-order valence-electron chi connectivity index (χ0n) is 11.9. The van der Waals surface area contributed by atoms with Crippen molar-refractivity contribution in [2.45, 2.75) is 19.0 Å². The maximum atomic E-state index is 12.1. The first kappa shape index (κ1) is 17.0. The summed E-state index contributed by atoms with van der Waals surface area (Å²) in [6.45, 7) is -2.28. The predicted octanol–water partition coefficient (Wildman–Crippen LogP) is 0.326. The molecule has 1 saturated heterocycles. The molecule has 1 heterocycles. The van der Waals surface area contributed by atoms with Crippen molar-refractivity contribution in [3.05, 3.63) is 12.2 Å². The van der Waals surface area contributed by atoms with Gasteiger partial charge in [0.15, 0.2) is 0 Å². The minimum atomic E-state index is -4.61. The molecule has 126 valence electrons. The van der Waals surface area contributed by atoms with Crippen LogP contribution < -0.4 is 10.6 Å².